The molecule has 13 aromatic rings. The average Bonchev–Trinajstić information content (AvgIpc) is 4.07. The first-order chi connectivity index (χ1) is 34.7. The third-order valence-corrected chi connectivity index (χ3v) is 14.6. The lowest BCUT2D eigenvalue weighted by molar-refractivity contribution is 0.669. The molecule has 0 aliphatic heterocycles. The summed E-state index contributed by atoms with van der Waals surface area (Å²) in [5.74, 6) is 0. The van der Waals surface area contributed by atoms with Crippen LogP contribution >= 0.6 is 0 Å². The van der Waals surface area contributed by atoms with Gasteiger partial charge in [0.1, 0.15) is 11.2 Å². The highest BCUT2D eigenvalue weighted by Gasteiger charge is 2.46. The van der Waals surface area contributed by atoms with E-state index in [9.17, 15) is 0 Å². The zero-order chi connectivity index (χ0) is 46.2. The number of aromatic nitrogens is 1. The van der Waals surface area contributed by atoms with Crippen molar-refractivity contribution in [3.63, 3.8) is 0 Å². The van der Waals surface area contributed by atoms with Crippen LogP contribution in [-0.4, -0.2) is 4.57 Å². The molecule has 0 bridgehead atoms. The molecule has 0 radical (unpaired) electrons. The fraction of sp³-hybridized carbons (Fsp3) is 0.0149. The summed E-state index contributed by atoms with van der Waals surface area (Å²) in [6.07, 6.45) is 0. The Bertz CT molecular complexity index is 4090. The molecule has 0 unspecified atom stereocenters. The molecule has 1 aliphatic rings. The van der Waals surface area contributed by atoms with E-state index < -0.39 is 5.41 Å². The van der Waals surface area contributed by atoms with E-state index in [2.05, 4.69) is 264 Å². The molecule has 3 nitrogen and oxygen atoms in total. The van der Waals surface area contributed by atoms with Crippen molar-refractivity contribution in [2.75, 3.05) is 4.90 Å². The van der Waals surface area contributed by atoms with Gasteiger partial charge in [-0.3, -0.25) is 0 Å². The smallest absolute Gasteiger partial charge is 0.135 e. The molecule has 11 aromatic carbocycles. The van der Waals surface area contributed by atoms with E-state index in [4.69, 9.17) is 4.42 Å². The van der Waals surface area contributed by atoms with Crippen molar-refractivity contribution in [1.29, 1.82) is 0 Å². The Morgan fingerprint density at radius 2 is 0.886 bits per heavy atom. The van der Waals surface area contributed by atoms with Crippen LogP contribution in [0.5, 0.6) is 0 Å². The predicted molar refractivity (Wildman–Crippen MR) is 291 cm³/mol. The molecule has 0 spiro atoms. The van der Waals surface area contributed by atoms with Gasteiger partial charge in [0.25, 0.3) is 0 Å². The van der Waals surface area contributed by atoms with Crippen LogP contribution < -0.4 is 4.90 Å². The van der Waals surface area contributed by atoms with E-state index in [0.29, 0.717) is 0 Å². The van der Waals surface area contributed by atoms with Crippen LogP contribution in [0, 0.1) is 0 Å². The summed E-state index contributed by atoms with van der Waals surface area (Å²) in [6, 6.07) is 97.4. The maximum absolute atomic E-state index is 6.21. The molecule has 14 rings (SSSR count). The zero-order valence-electron chi connectivity index (χ0n) is 38.2. The molecule has 70 heavy (non-hydrogen) atoms. The Morgan fingerprint density at radius 3 is 1.67 bits per heavy atom. The van der Waals surface area contributed by atoms with Crippen LogP contribution in [0.3, 0.4) is 0 Å². The first-order valence-corrected chi connectivity index (χ1v) is 24.1. The summed E-state index contributed by atoms with van der Waals surface area (Å²) in [4.78, 5) is 2.41. The second-order valence-corrected chi connectivity index (χ2v) is 18.4. The Morgan fingerprint density at radius 1 is 0.314 bits per heavy atom. The minimum Gasteiger partial charge on any atom is -0.456 e. The molecule has 2 heterocycles. The molecule has 2 aromatic heterocycles. The molecular formula is C67H44N2O. The molecule has 0 saturated carbocycles. The van der Waals surface area contributed by atoms with Gasteiger partial charge in [0.05, 0.1) is 16.4 Å². The lowest BCUT2D eigenvalue weighted by Gasteiger charge is -2.35. The van der Waals surface area contributed by atoms with Crippen molar-refractivity contribution in [2.45, 2.75) is 5.41 Å². The van der Waals surface area contributed by atoms with Gasteiger partial charge in [-0.05, 0) is 141 Å². The van der Waals surface area contributed by atoms with Crippen molar-refractivity contribution < 1.29 is 4.42 Å². The Kier molecular flexibility index (Phi) is 9.11. The largest absolute Gasteiger partial charge is 0.456 e. The Labute approximate surface area is 406 Å². The van der Waals surface area contributed by atoms with Crippen molar-refractivity contribution >= 4 is 60.8 Å². The lowest BCUT2D eigenvalue weighted by Crippen LogP contribution is -2.28. The lowest BCUT2D eigenvalue weighted by atomic mass is 9.67. The summed E-state index contributed by atoms with van der Waals surface area (Å²) in [5, 5.41) is 4.69. The predicted octanol–water partition coefficient (Wildman–Crippen LogP) is 17.8. The Hall–Kier alpha value is -9.18. The molecule has 0 saturated heterocycles. The van der Waals surface area contributed by atoms with E-state index in [0.717, 1.165) is 55.8 Å². The number of furan rings is 1. The highest BCUT2D eigenvalue weighted by Crippen LogP contribution is 2.57. The fourth-order valence-corrected chi connectivity index (χ4v) is 11.6. The van der Waals surface area contributed by atoms with Crippen LogP contribution in [0.2, 0.25) is 0 Å². The van der Waals surface area contributed by atoms with Crippen molar-refractivity contribution in [1.82, 2.24) is 4.57 Å². The molecule has 1 aliphatic carbocycles. The van der Waals surface area contributed by atoms with Crippen LogP contribution in [0.1, 0.15) is 22.3 Å². The minimum atomic E-state index is -0.503. The highest BCUT2D eigenvalue weighted by molar-refractivity contribution is 6.11. The molecular weight excluding hydrogens is 849 g/mol. The van der Waals surface area contributed by atoms with Gasteiger partial charge in [0.15, 0.2) is 0 Å². The third-order valence-electron chi connectivity index (χ3n) is 14.6. The summed E-state index contributed by atoms with van der Waals surface area (Å²) >= 11 is 0. The SMILES string of the molecule is c1ccc(N(c2cccc(-c3cccc(-c4ccc5c(c4)c4ccccc4n5-c4ccc5oc6ccccc6c5c4)c3)c2)c2ccc3c(c2)C(c2ccccc2)(c2ccccc2)c2ccccc2-3)cc1. The summed E-state index contributed by atoms with van der Waals surface area (Å²) in [6.45, 7) is 0. The van der Waals surface area contributed by atoms with Crippen LogP contribution in [0.4, 0.5) is 17.1 Å². The molecule has 0 amide bonds. The maximum Gasteiger partial charge on any atom is 0.135 e. The van der Waals surface area contributed by atoms with Crippen LogP contribution in [-0.2, 0) is 5.41 Å². The molecule has 0 atom stereocenters. The van der Waals surface area contributed by atoms with Gasteiger partial charge in [-0.25, -0.2) is 0 Å². The topological polar surface area (TPSA) is 21.3 Å². The average molecular weight is 893 g/mol. The fourth-order valence-electron chi connectivity index (χ4n) is 11.6. The summed E-state index contributed by atoms with van der Waals surface area (Å²) < 4.78 is 8.60. The van der Waals surface area contributed by atoms with Gasteiger partial charge in [0.2, 0.25) is 0 Å². The van der Waals surface area contributed by atoms with Crippen LogP contribution in [0.15, 0.2) is 271 Å². The number of benzene rings is 11. The number of hydrogen-bond donors (Lipinski definition) is 0. The molecule has 328 valence electrons. The van der Waals surface area contributed by atoms with E-state index in [1.54, 1.807) is 0 Å². The monoisotopic (exact) mass is 892 g/mol. The first-order valence-electron chi connectivity index (χ1n) is 24.1. The van der Waals surface area contributed by atoms with Gasteiger partial charge >= 0.3 is 0 Å². The van der Waals surface area contributed by atoms with Crippen molar-refractivity contribution in [3.8, 4) is 39.1 Å². The van der Waals surface area contributed by atoms with E-state index in [1.807, 2.05) is 12.1 Å². The van der Waals surface area contributed by atoms with E-state index in [-0.39, 0.29) is 0 Å². The summed E-state index contributed by atoms with van der Waals surface area (Å²) in [5.41, 5.74) is 20.3. The van der Waals surface area contributed by atoms with Gasteiger partial charge < -0.3 is 13.9 Å². The summed E-state index contributed by atoms with van der Waals surface area (Å²) in [7, 11) is 0. The maximum atomic E-state index is 6.21. The number of nitrogens with zero attached hydrogens (tertiary/aromatic N) is 2. The van der Waals surface area contributed by atoms with E-state index >= 15 is 0 Å². The number of rotatable bonds is 8. The minimum absolute atomic E-state index is 0.503. The van der Waals surface area contributed by atoms with Gasteiger partial charge in [-0.2, -0.15) is 0 Å². The van der Waals surface area contributed by atoms with Gasteiger partial charge in [-0.1, -0.05) is 182 Å². The molecule has 0 N–H and O–H groups in total. The first kappa shape index (κ1) is 39.9. The quantitative estimate of drug-likeness (QED) is 0.152. The Balaban J connectivity index is 0.874. The number of hydrogen-bond acceptors (Lipinski definition) is 2. The van der Waals surface area contributed by atoms with Crippen molar-refractivity contribution in [2.24, 2.45) is 0 Å². The number of anilines is 3. The van der Waals surface area contributed by atoms with Crippen molar-refractivity contribution in [3.05, 3.63) is 289 Å². The van der Waals surface area contributed by atoms with E-state index in [1.165, 1.54) is 66.3 Å². The normalized spacial score (nSPS) is 12.7. The second-order valence-electron chi connectivity index (χ2n) is 18.4. The van der Waals surface area contributed by atoms with Crippen LogP contribution in [0.25, 0.3) is 82.8 Å². The second kappa shape index (κ2) is 16.0. The zero-order valence-corrected chi connectivity index (χ0v) is 38.2. The molecule has 3 heteroatoms. The highest BCUT2D eigenvalue weighted by atomic mass is 16.3. The standard InChI is InChI=1S/C67H44N2O/c1-4-21-49(22-5-1)67(50-23-6-2-7-24-50)61-31-13-10-28-55(61)56-37-35-54(44-62(56)67)68(51-25-8-3-9-26-51)52-27-17-20-47(41-52)45-18-16-19-46(40-45)48-34-38-64-59(42-48)57-29-11-14-32-63(57)69(64)53-36-39-66-60(43-53)58-30-12-15-33-65(58)70-66/h1-44H. The third kappa shape index (κ3) is 6.15. The van der Waals surface area contributed by atoms with Gasteiger partial charge in [0, 0.05) is 44.3 Å². The number of para-hydroxylation sites is 3. The number of fused-ring (bicyclic) bond motifs is 9. The van der Waals surface area contributed by atoms with Gasteiger partial charge in [-0.15, -0.1) is 0 Å². The molecule has 0 fully saturated rings.